The first-order valence-corrected chi connectivity index (χ1v) is 9.26. The Morgan fingerprint density at radius 1 is 1.36 bits per heavy atom. The molecule has 0 aliphatic carbocycles. The molecule has 1 aromatic heterocycles. The SMILES string of the molecule is C[C@H](Cc1c[nH]c2c(OCC(=O)NS(C)(=O)=O)cccc12)NC(=O)O. The Bertz CT molecular complexity index is 890. The molecule has 0 saturated heterocycles. The quantitative estimate of drug-likeness (QED) is 0.570. The van der Waals surface area contributed by atoms with E-state index in [2.05, 4.69) is 10.3 Å². The standard InChI is InChI=1S/C15H19N3O6S/c1-9(17-15(20)21)6-10-7-16-14-11(10)4-3-5-12(14)24-8-13(19)18-25(2,22)23/h3-5,7,9,16-17H,6,8H2,1-2H3,(H,18,19)(H,20,21)/t9-/m1/s1. The number of H-pyrrole nitrogens is 1. The molecular weight excluding hydrogens is 350 g/mol. The summed E-state index contributed by atoms with van der Waals surface area (Å²) in [7, 11) is -3.63. The summed E-state index contributed by atoms with van der Waals surface area (Å²) in [6, 6.07) is 4.95. The van der Waals surface area contributed by atoms with Crippen LogP contribution in [0.5, 0.6) is 5.75 Å². The number of sulfonamides is 1. The van der Waals surface area contributed by atoms with Crippen LogP contribution in [0.1, 0.15) is 12.5 Å². The number of carboxylic acid groups (broad SMARTS) is 1. The molecule has 2 aromatic rings. The molecule has 2 rings (SSSR count). The van der Waals surface area contributed by atoms with Crippen LogP contribution in [-0.4, -0.2) is 49.4 Å². The van der Waals surface area contributed by atoms with E-state index >= 15 is 0 Å². The third-order valence-corrected chi connectivity index (χ3v) is 3.92. The summed E-state index contributed by atoms with van der Waals surface area (Å²) >= 11 is 0. The number of amides is 2. The average molecular weight is 369 g/mol. The number of fused-ring (bicyclic) bond motifs is 1. The highest BCUT2D eigenvalue weighted by Gasteiger charge is 2.14. The number of para-hydroxylation sites is 1. The first-order valence-electron chi connectivity index (χ1n) is 7.37. The maximum atomic E-state index is 11.5. The van der Waals surface area contributed by atoms with Crippen molar-refractivity contribution in [2.24, 2.45) is 0 Å². The Labute approximate surface area is 144 Å². The molecule has 136 valence electrons. The zero-order valence-electron chi connectivity index (χ0n) is 13.7. The topological polar surface area (TPSA) is 138 Å². The highest BCUT2D eigenvalue weighted by atomic mass is 32.2. The molecular formula is C15H19N3O6S. The van der Waals surface area contributed by atoms with Gasteiger partial charge in [0.1, 0.15) is 5.75 Å². The minimum Gasteiger partial charge on any atom is -0.482 e. The van der Waals surface area contributed by atoms with Crippen LogP contribution in [0, 0.1) is 0 Å². The molecule has 4 N–H and O–H groups in total. The second kappa shape index (κ2) is 7.43. The average Bonchev–Trinajstić information content (AvgIpc) is 2.86. The Kier molecular flexibility index (Phi) is 5.52. The fourth-order valence-corrected chi connectivity index (χ4v) is 2.92. The van der Waals surface area contributed by atoms with Gasteiger partial charge in [-0.15, -0.1) is 0 Å². The van der Waals surface area contributed by atoms with E-state index in [1.165, 1.54) is 0 Å². The molecule has 1 atom stereocenters. The van der Waals surface area contributed by atoms with Crippen LogP contribution in [-0.2, 0) is 21.2 Å². The molecule has 2 amide bonds. The summed E-state index contributed by atoms with van der Waals surface area (Å²) in [6.07, 6.45) is 2.02. The van der Waals surface area contributed by atoms with Crippen LogP contribution in [0.25, 0.3) is 10.9 Å². The molecule has 0 saturated carbocycles. The van der Waals surface area contributed by atoms with E-state index in [-0.39, 0.29) is 6.04 Å². The molecule has 0 aliphatic heterocycles. The number of aromatic nitrogens is 1. The Morgan fingerprint density at radius 3 is 2.72 bits per heavy atom. The number of aromatic amines is 1. The molecule has 0 radical (unpaired) electrons. The fraction of sp³-hybridized carbons (Fsp3) is 0.333. The van der Waals surface area contributed by atoms with Gasteiger partial charge in [0.05, 0.1) is 11.8 Å². The van der Waals surface area contributed by atoms with E-state index in [0.717, 1.165) is 17.2 Å². The summed E-state index contributed by atoms with van der Waals surface area (Å²) in [5.74, 6) is -0.378. The molecule has 25 heavy (non-hydrogen) atoms. The summed E-state index contributed by atoms with van der Waals surface area (Å²) in [5, 5.41) is 12.0. The summed E-state index contributed by atoms with van der Waals surface area (Å²) in [6.45, 7) is 1.31. The molecule has 10 heteroatoms. The lowest BCUT2D eigenvalue weighted by molar-refractivity contribution is -0.121. The van der Waals surface area contributed by atoms with Gasteiger partial charge in [-0.3, -0.25) is 9.52 Å². The number of nitrogens with one attached hydrogen (secondary N) is 3. The van der Waals surface area contributed by atoms with Crippen LogP contribution >= 0.6 is 0 Å². The molecule has 0 aliphatic rings. The molecule has 9 nitrogen and oxygen atoms in total. The smallest absolute Gasteiger partial charge is 0.404 e. The zero-order valence-corrected chi connectivity index (χ0v) is 14.5. The monoisotopic (exact) mass is 369 g/mol. The van der Waals surface area contributed by atoms with Crippen molar-refractivity contribution in [2.75, 3.05) is 12.9 Å². The van der Waals surface area contributed by atoms with Crippen molar-refractivity contribution in [3.8, 4) is 5.75 Å². The van der Waals surface area contributed by atoms with Gasteiger partial charge in [0, 0.05) is 17.6 Å². The Hall–Kier alpha value is -2.75. The van der Waals surface area contributed by atoms with Crippen molar-refractivity contribution < 1.29 is 27.9 Å². The van der Waals surface area contributed by atoms with Crippen molar-refractivity contribution >= 4 is 32.9 Å². The zero-order chi connectivity index (χ0) is 18.6. The fourth-order valence-electron chi connectivity index (χ4n) is 2.45. The highest BCUT2D eigenvalue weighted by Crippen LogP contribution is 2.28. The van der Waals surface area contributed by atoms with Crippen LogP contribution in [0.15, 0.2) is 24.4 Å². The normalized spacial score (nSPS) is 12.6. The minimum atomic E-state index is -3.63. The van der Waals surface area contributed by atoms with Crippen molar-refractivity contribution in [1.29, 1.82) is 0 Å². The second-order valence-electron chi connectivity index (χ2n) is 5.63. The van der Waals surface area contributed by atoms with Crippen LogP contribution < -0.4 is 14.8 Å². The van der Waals surface area contributed by atoms with Gasteiger partial charge in [-0.2, -0.15) is 0 Å². The van der Waals surface area contributed by atoms with Crippen molar-refractivity contribution in [2.45, 2.75) is 19.4 Å². The lowest BCUT2D eigenvalue weighted by atomic mass is 10.1. The third kappa shape index (κ3) is 5.38. The van der Waals surface area contributed by atoms with Crippen LogP contribution in [0.4, 0.5) is 4.79 Å². The number of rotatable bonds is 7. The van der Waals surface area contributed by atoms with Gasteiger partial charge in [0.25, 0.3) is 5.91 Å². The van der Waals surface area contributed by atoms with E-state index in [0.29, 0.717) is 17.7 Å². The van der Waals surface area contributed by atoms with E-state index in [1.807, 2.05) is 10.8 Å². The molecule has 0 unspecified atom stereocenters. The van der Waals surface area contributed by atoms with Gasteiger partial charge < -0.3 is 20.1 Å². The van der Waals surface area contributed by atoms with Gasteiger partial charge in [0.15, 0.2) is 6.61 Å². The number of ether oxygens (including phenoxy) is 1. The first kappa shape index (κ1) is 18.6. The first-order chi connectivity index (χ1) is 11.7. The van der Waals surface area contributed by atoms with E-state index in [1.54, 1.807) is 25.3 Å². The number of hydrogen-bond donors (Lipinski definition) is 4. The lowest BCUT2D eigenvalue weighted by Gasteiger charge is -2.11. The van der Waals surface area contributed by atoms with Gasteiger partial charge in [0.2, 0.25) is 10.0 Å². The predicted octanol–water partition coefficient (Wildman–Crippen LogP) is 0.821. The maximum Gasteiger partial charge on any atom is 0.404 e. The van der Waals surface area contributed by atoms with Gasteiger partial charge in [-0.05, 0) is 25.0 Å². The van der Waals surface area contributed by atoms with Gasteiger partial charge >= 0.3 is 6.09 Å². The van der Waals surface area contributed by atoms with Crippen molar-refractivity contribution in [1.82, 2.24) is 15.0 Å². The molecule has 0 bridgehead atoms. The van der Waals surface area contributed by atoms with Crippen molar-refractivity contribution in [3.05, 3.63) is 30.0 Å². The minimum absolute atomic E-state index is 0.276. The second-order valence-corrected chi connectivity index (χ2v) is 7.38. The Morgan fingerprint density at radius 2 is 2.08 bits per heavy atom. The molecule has 0 fully saturated rings. The number of carbonyl (C=O) groups is 2. The number of carbonyl (C=O) groups excluding carboxylic acids is 1. The van der Waals surface area contributed by atoms with E-state index < -0.39 is 28.6 Å². The largest absolute Gasteiger partial charge is 0.482 e. The van der Waals surface area contributed by atoms with E-state index in [4.69, 9.17) is 9.84 Å². The number of hydrogen-bond acceptors (Lipinski definition) is 5. The molecule has 1 aromatic carbocycles. The predicted molar refractivity (Wildman–Crippen MR) is 91.1 cm³/mol. The summed E-state index contributed by atoms with van der Waals surface area (Å²) < 4.78 is 29.2. The lowest BCUT2D eigenvalue weighted by Crippen LogP contribution is -2.33. The maximum absolute atomic E-state index is 11.5. The van der Waals surface area contributed by atoms with Gasteiger partial charge in [-0.25, -0.2) is 13.2 Å². The molecule has 0 spiro atoms. The van der Waals surface area contributed by atoms with Crippen molar-refractivity contribution in [3.63, 3.8) is 0 Å². The summed E-state index contributed by atoms with van der Waals surface area (Å²) in [4.78, 5) is 25.3. The number of benzene rings is 1. The third-order valence-electron chi connectivity index (χ3n) is 3.32. The molecule has 1 heterocycles. The Balaban J connectivity index is 2.12. The highest BCUT2D eigenvalue weighted by molar-refractivity contribution is 7.89. The van der Waals surface area contributed by atoms with Crippen LogP contribution in [0.3, 0.4) is 0 Å². The van der Waals surface area contributed by atoms with Crippen LogP contribution in [0.2, 0.25) is 0 Å². The van der Waals surface area contributed by atoms with E-state index in [9.17, 15) is 18.0 Å². The van der Waals surface area contributed by atoms with Gasteiger partial charge in [-0.1, -0.05) is 12.1 Å². The summed E-state index contributed by atoms with van der Waals surface area (Å²) in [5.41, 5.74) is 1.54.